The highest BCUT2D eigenvalue weighted by molar-refractivity contribution is 8.01. The van der Waals surface area contributed by atoms with E-state index >= 15 is 0 Å². The standard InChI is InChI=1S/C11H17NO3S/c1-2-8-16-11(9-12(14)15)7-5-3-4-6-10(11)13/h2H,1,3-9H2. The summed E-state index contributed by atoms with van der Waals surface area (Å²) < 4.78 is -0.797. The summed E-state index contributed by atoms with van der Waals surface area (Å²) in [7, 11) is 0. The summed E-state index contributed by atoms with van der Waals surface area (Å²) in [6, 6.07) is 0. The number of Topliss-reactive ketones (excluding diaryl/α,β-unsaturated/α-hetero) is 1. The summed E-state index contributed by atoms with van der Waals surface area (Å²) in [5, 5.41) is 10.7. The first-order valence-corrected chi connectivity index (χ1v) is 6.49. The topological polar surface area (TPSA) is 60.2 Å². The molecule has 1 aliphatic carbocycles. The van der Waals surface area contributed by atoms with Crippen LogP contribution in [0.3, 0.4) is 0 Å². The third-order valence-corrected chi connectivity index (χ3v) is 4.37. The van der Waals surface area contributed by atoms with E-state index in [0.717, 1.165) is 19.3 Å². The van der Waals surface area contributed by atoms with Crippen molar-refractivity contribution in [2.24, 2.45) is 0 Å². The van der Waals surface area contributed by atoms with Crippen LogP contribution in [0.1, 0.15) is 32.1 Å². The molecule has 0 aromatic carbocycles. The number of hydrogen-bond acceptors (Lipinski definition) is 4. The minimum atomic E-state index is -0.797. The van der Waals surface area contributed by atoms with Crippen LogP contribution in [0.4, 0.5) is 0 Å². The number of ketones is 1. The molecule has 0 bridgehead atoms. The van der Waals surface area contributed by atoms with Gasteiger partial charge >= 0.3 is 0 Å². The summed E-state index contributed by atoms with van der Waals surface area (Å²) in [5.74, 6) is 0.646. The molecular weight excluding hydrogens is 226 g/mol. The minimum absolute atomic E-state index is 0.0496. The van der Waals surface area contributed by atoms with Crippen molar-refractivity contribution in [3.05, 3.63) is 22.8 Å². The summed E-state index contributed by atoms with van der Waals surface area (Å²) >= 11 is 1.39. The minimum Gasteiger partial charge on any atom is -0.298 e. The van der Waals surface area contributed by atoms with Crippen LogP contribution in [0.15, 0.2) is 12.7 Å². The molecular formula is C11H17NO3S. The third kappa shape index (κ3) is 3.33. The lowest BCUT2D eigenvalue weighted by Gasteiger charge is -2.25. The number of nitro groups is 1. The van der Waals surface area contributed by atoms with Crippen LogP contribution in [0, 0.1) is 10.1 Å². The molecule has 1 fully saturated rings. The van der Waals surface area contributed by atoms with E-state index in [1.54, 1.807) is 6.08 Å². The Morgan fingerprint density at radius 1 is 1.50 bits per heavy atom. The van der Waals surface area contributed by atoms with Gasteiger partial charge in [0.1, 0.15) is 4.75 Å². The molecule has 0 aromatic rings. The second-order valence-corrected chi connectivity index (χ2v) is 5.47. The monoisotopic (exact) mass is 243 g/mol. The SMILES string of the molecule is C=CCSC1(C[N+](=O)[O-])CCCCCC1=O. The third-order valence-electron chi connectivity index (χ3n) is 2.85. The molecule has 0 saturated heterocycles. The van der Waals surface area contributed by atoms with Gasteiger partial charge in [0.2, 0.25) is 6.54 Å². The fourth-order valence-corrected chi connectivity index (χ4v) is 3.22. The van der Waals surface area contributed by atoms with E-state index in [9.17, 15) is 14.9 Å². The van der Waals surface area contributed by atoms with Gasteiger partial charge in [-0.15, -0.1) is 18.3 Å². The summed E-state index contributed by atoms with van der Waals surface area (Å²) in [6.07, 6.45) is 5.59. The molecule has 0 spiro atoms. The molecule has 5 heteroatoms. The van der Waals surface area contributed by atoms with Crippen molar-refractivity contribution in [2.45, 2.75) is 36.9 Å². The van der Waals surface area contributed by atoms with E-state index in [1.165, 1.54) is 11.8 Å². The number of thioether (sulfide) groups is 1. The van der Waals surface area contributed by atoms with Gasteiger partial charge in [0, 0.05) is 17.1 Å². The van der Waals surface area contributed by atoms with Gasteiger partial charge in [-0.3, -0.25) is 14.9 Å². The molecule has 4 nitrogen and oxygen atoms in total. The molecule has 1 rings (SSSR count). The molecule has 0 aromatic heterocycles. The van der Waals surface area contributed by atoms with Crippen molar-refractivity contribution in [3.63, 3.8) is 0 Å². The van der Waals surface area contributed by atoms with Crippen LogP contribution in [-0.2, 0) is 4.79 Å². The van der Waals surface area contributed by atoms with Crippen molar-refractivity contribution >= 4 is 17.5 Å². The Morgan fingerprint density at radius 3 is 2.88 bits per heavy atom. The lowest BCUT2D eigenvalue weighted by molar-refractivity contribution is -0.482. The summed E-state index contributed by atoms with van der Waals surface area (Å²) in [6.45, 7) is 3.36. The van der Waals surface area contributed by atoms with E-state index < -0.39 is 4.75 Å². The van der Waals surface area contributed by atoms with Crippen LogP contribution < -0.4 is 0 Å². The van der Waals surface area contributed by atoms with E-state index in [1.807, 2.05) is 0 Å². The molecule has 0 amide bonds. The molecule has 16 heavy (non-hydrogen) atoms. The number of nitrogens with zero attached hydrogens (tertiary/aromatic N) is 1. The lowest BCUT2D eigenvalue weighted by Crippen LogP contribution is -2.41. The Kier molecular flexibility index (Phi) is 4.99. The van der Waals surface area contributed by atoms with Crippen molar-refractivity contribution in [3.8, 4) is 0 Å². The maximum Gasteiger partial charge on any atom is 0.225 e. The first-order valence-electron chi connectivity index (χ1n) is 5.51. The van der Waals surface area contributed by atoms with E-state index in [4.69, 9.17) is 0 Å². The molecule has 0 heterocycles. The second kappa shape index (κ2) is 6.03. The van der Waals surface area contributed by atoms with Crippen molar-refractivity contribution in [1.29, 1.82) is 0 Å². The molecule has 90 valence electrons. The summed E-state index contributed by atoms with van der Waals surface area (Å²) in [5.41, 5.74) is 0. The Hall–Kier alpha value is -0.840. The Morgan fingerprint density at radius 2 is 2.25 bits per heavy atom. The van der Waals surface area contributed by atoms with E-state index in [2.05, 4.69) is 6.58 Å². The Balaban J connectivity index is 2.83. The maximum absolute atomic E-state index is 12.0. The van der Waals surface area contributed by atoms with Gasteiger partial charge in [0.05, 0.1) is 0 Å². The smallest absolute Gasteiger partial charge is 0.225 e. The van der Waals surface area contributed by atoms with Gasteiger partial charge in [-0.25, -0.2) is 0 Å². The normalized spacial score (nSPS) is 26.1. The van der Waals surface area contributed by atoms with E-state index in [-0.39, 0.29) is 17.3 Å². The first kappa shape index (κ1) is 13.2. The van der Waals surface area contributed by atoms with Gasteiger partial charge in [-0.05, 0) is 12.8 Å². The van der Waals surface area contributed by atoms with Crippen LogP contribution in [0.5, 0.6) is 0 Å². The average Bonchev–Trinajstić information content (AvgIpc) is 2.39. The number of rotatable bonds is 5. The van der Waals surface area contributed by atoms with Crippen LogP contribution in [-0.4, -0.2) is 27.8 Å². The Labute approximate surface area is 99.6 Å². The highest BCUT2D eigenvalue weighted by Crippen LogP contribution is 2.36. The first-order chi connectivity index (χ1) is 7.60. The van der Waals surface area contributed by atoms with Crippen LogP contribution in [0.2, 0.25) is 0 Å². The summed E-state index contributed by atoms with van der Waals surface area (Å²) in [4.78, 5) is 22.4. The molecule has 1 atom stereocenters. The molecule has 1 unspecified atom stereocenters. The van der Waals surface area contributed by atoms with Crippen LogP contribution >= 0.6 is 11.8 Å². The van der Waals surface area contributed by atoms with E-state index in [0.29, 0.717) is 18.6 Å². The van der Waals surface area contributed by atoms with Gasteiger partial charge in [-0.1, -0.05) is 18.9 Å². The van der Waals surface area contributed by atoms with Crippen molar-refractivity contribution in [1.82, 2.24) is 0 Å². The number of carbonyl (C=O) groups excluding carboxylic acids is 1. The van der Waals surface area contributed by atoms with Gasteiger partial charge < -0.3 is 0 Å². The highest BCUT2D eigenvalue weighted by atomic mass is 32.2. The predicted octanol–water partition coefficient (Wildman–Crippen LogP) is 2.45. The number of carbonyl (C=O) groups is 1. The number of hydrogen-bond donors (Lipinski definition) is 0. The largest absolute Gasteiger partial charge is 0.298 e. The van der Waals surface area contributed by atoms with Gasteiger partial charge in [0.25, 0.3) is 0 Å². The van der Waals surface area contributed by atoms with Gasteiger partial charge in [0.15, 0.2) is 5.78 Å². The quantitative estimate of drug-likeness (QED) is 0.322. The van der Waals surface area contributed by atoms with Gasteiger partial charge in [-0.2, -0.15) is 0 Å². The predicted molar refractivity (Wildman–Crippen MR) is 65.3 cm³/mol. The van der Waals surface area contributed by atoms with Crippen LogP contribution in [0.25, 0.3) is 0 Å². The van der Waals surface area contributed by atoms with Crippen molar-refractivity contribution < 1.29 is 9.72 Å². The molecule has 1 saturated carbocycles. The fourth-order valence-electron chi connectivity index (χ4n) is 2.03. The average molecular weight is 243 g/mol. The molecule has 0 N–H and O–H groups in total. The molecule has 0 aliphatic heterocycles. The lowest BCUT2D eigenvalue weighted by atomic mass is 9.98. The zero-order valence-electron chi connectivity index (χ0n) is 9.31. The Bertz CT molecular complexity index is 293. The highest BCUT2D eigenvalue weighted by Gasteiger charge is 2.43. The van der Waals surface area contributed by atoms with Crippen molar-refractivity contribution in [2.75, 3.05) is 12.3 Å². The fraction of sp³-hybridized carbons (Fsp3) is 0.727. The maximum atomic E-state index is 12.0. The second-order valence-electron chi connectivity index (χ2n) is 4.07. The molecule has 1 aliphatic rings. The zero-order valence-corrected chi connectivity index (χ0v) is 10.1. The molecule has 0 radical (unpaired) electrons. The zero-order chi connectivity index (χ0) is 12.0.